The molecule has 0 bridgehead atoms. The van der Waals surface area contributed by atoms with Crippen molar-refractivity contribution in [3.8, 4) is 11.8 Å². The molecule has 3 rings (SSSR count). The first-order valence-corrected chi connectivity index (χ1v) is 11.2. The van der Waals surface area contributed by atoms with Crippen LogP contribution in [0.2, 0.25) is 0 Å². The molecule has 34 heavy (non-hydrogen) atoms. The number of nitrogens with one attached hydrogen (secondary N) is 1. The van der Waals surface area contributed by atoms with Gasteiger partial charge in [-0.05, 0) is 36.5 Å². The van der Waals surface area contributed by atoms with Crippen molar-refractivity contribution in [2.45, 2.75) is 52.2 Å². The molecule has 1 aliphatic heterocycles. The number of para-hydroxylation sites is 1. The van der Waals surface area contributed by atoms with Gasteiger partial charge in [0.15, 0.2) is 0 Å². The molecular formula is C24H30F2N4O4. The number of piperidine rings is 1. The van der Waals surface area contributed by atoms with Crippen LogP contribution in [-0.4, -0.2) is 54.7 Å². The molecule has 10 heteroatoms. The van der Waals surface area contributed by atoms with E-state index in [1.165, 1.54) is 26.2 Å². The lowest BCUT2D eigenvalue weighted by atomic mass is 9.97. The number of nitrogens with zero attached hydrogens (tertiary/aromatic N) is 3. The van der Waals surface area contributed by atoms with E-state index in [2.05, 4.69) is 15.0 Å². The molecule has 8 nitrogen and oxygen atoms in total. The van der Waals surface area contributed by atoms with E-state index in [4.69, 9.17) is 4.74 Å². The number of pyridine rings is 1. The highest BCUT2D eigenvalue weighted by molar-refractivity contribution is 6.03. The van der Waals surface area contributed by atoms with Crippen LogP contribution >= 0.6 is 0 Å². The fourth-order valence-corrected chi connectivity index (χ4v) is 4.10. The van der Waals surface area contributed by atoms with Crippen LogP contribution in [0.1, 0.15) is 45.1 Å². The number of benzene rings is 1. The average Bonchev–Trinajstić information content (AvgIpc) is 2.80. The van der Waals surface area contributed by atoms with Gasteiger partial charge in [-0.25, -0.2) is 4.79 Å². The molecule has 1 aromatic heterocycles. The second-order valence-corrected chi connectivity index (χ2v) is 8.36. The Labute approximate surface area is 197 Å². The molecule has 1 aliphatic rings. The first kappa shape index (κ1) is 25.2. The van der Waals surface area contributed by atoms with Gasteiger partial charge in [-0.2, -0.15) is 13.8 Å². The normalized spacial score (nSPS) is 15.9. The highest BCUT2D eigenvalue weighted by atomic mass is 19.3. The number of carbonyl (C=O) groups excluding carboxylic acids is 2. The van der Waals surface area contributed by atoms with Crippen molar-refractivity contribution in [2.75, 3.05) is 30.4 Å². The summed E-state index contributed by atoms with van der Waals surface area (Å²) >= 11 is 0. The highest BCUT2D eigenvalue weighted by Crippen LogP contribution is 2.33. The summed E-state index contributed by atoms with van der Waals surface area (Å²) in [6.07, 6.45) is 1.42. The van der Waals surface area contributed by atoms with Gasteiger partial charge in [0.25, 0.3) is 0 Å². The minimum atomic E-state index is -3.13. The monoisotopic (exact) mass is 476 g/mol. The molecule has 3 amide bonds. The minimum absolute atomic E-state index is 0.0163. The average molecular weight is 477 g/mol. The van der Waals surface area contributed by atoms with E-state index in [-0.39, 0.29) is 29.4 Å². The van der Waals surface area contributed by atoms with Crippen molar-refractivity contribution in [3.05, 3.63) is 42.0 Å². The number of ether oxygens (including phenoxy) is 2. The van der Waals surface area contributed by atoms with E-state index in [0.29, 0.717) is 25.2 Å². The Hall–Kier alpha value is -3.43. The molecule has 1 N–H and O–H groups in total. The summed E-state index contributed by atoms with van der Waals surface area (Å²) in [4.78, 5) is 32.9. The third-order valence-corrected chi connectivity index (χ3v) is 5.73. The Balaban J connectivity index is 2.00. The summed E-state index contributed by atoms with van der Waals surface area (Å²) in [5, 5.41) is 2.68. The Morgan fingerprint density at radius 3 is 2.59 bits per heavy atom. The number of rotatable bonds is 7. The van der Waals surface area contributed by atoms with E-state index >= 15 is 0 Å². The smallest absolute Gasteiger partial charge is 0.388 e. The van der Waals surface area contributed by atoms with Gasteiger partial charge in [-0.15, -0.1) is 0 Å². The topological polar surface area (TPSA) is 84.0 Å². The van der Waals surface area contributed by atoms with Crippen LogP contribution in [0.3, 0.4) is 0 Å². The van der Waals surface area contributed by atoms with Crippen LogP contribution in [0.5, 0.6) is 11.8 Å². The van der Waals surface area contributed by atoms with Gasteiger partial charge in [0.1, 0.15) is 5.69 Å². The number of urea groups is 1. The Morgan fingerprint density at radius 2 is 1.94 bits per heavy atom. The summed E-state index contributed by atoms with van der Waals surface area (Å²) < 4.78 is 35.5. The quantitative estimate of drug-likeness (QED) is 0.617. The van der Waals surface area contributed by atoms with Gasteiger partial charge in [0.05, 0.1) is 13.2 Å². The Kier molecular flexibility index (Phi) is 8.25. The molecule has 1 aromatic carbocycles. The lowest BCUT2D eigenvalue weighted by molar-refractivity contribution is -0.129. The van der Waals surface area contributed by atoms with Crippen LogP contribution in [0.4, 0.5) is 25.0 Å². The summed E-state index contributed by atoms with van der Waals surface area (Å²) in [5.41, 5.74) is 1.63. The van der Waals surface area contributed by atoms with Crippen molar-refractivity contribution >= 4 is 23.3 Å². The van der Waals surface area contributed by atoms with Crippen molar-refractivity contribution in [2.24, 2.45) is 0 Å². The molecule has 184 valence electrons. The van der Waals surface area contributed by atoms with E-state index in [9.17, 15) is 18.4 Å². The number of methoxy groups -OCH3 is 1. The summed E-state index contributed by atoms with van der Waals surface area (Å²) in [6.45, 7) is 3.43. The largest absolute Gasteiger partial charge is 0.481 e. The zero-order valence-electron chi connectivity index (χ0n) is 19.8. The van der Waals surface area contributed by atoms with E-state index in [1.54, 1.807) is 9.80 Å². The SMILES string of the molecule is COc1ccc(NC(=O)N(c2ccccc2C(C)C)C2CCCN(C(C)=O)C2)c(OC(F)F)n1. The maximum atomic E-state index is 13.7. The molecule has 0 saturated carbocycles. The molecule has 1 saturated heterocycles. The Morgan fingerprint density at radius 1 is 1.21 bits per heavy atom. The van der Waals surface area contributed by atoms with Crippen LogP contribution in [0, 0.1) is 0 Å². The maximum Gasteiger partial charge on any atom is 0.388 e. The van der Waals surface area contributed by atoms with Crippen molar-refractivity contribution in [1.82, 2.24) is 9.88 Å². The number of likely N-dealkylation sites (tertiary alicyclic amines) is 1. The number of hydrogen-bond donors (Lipinski definition) is 1. The fourth-order valence-electron chi connectivity index (χ4n) is 4.10. The van der Waals surface area contributed by atoms with Gasteiger partial charge in [-0.1, -0.05) is 32.0 Å². The number of alkyl halides is 2. The molecule has 1 atom stereocenters. The van der Waals surface area contributed by atoms with Crippen molar-refractivity contribution < 1.29 is 27.8 Å². The van der Waals surface area contributed by atoms with Crippen LogP contribution in [-0.2, 0) is 4.79 Å². The molecule has 2 heterocycles. The number of hydrogen-bond acceptors (Lipinski definition) is 5. The van der Waals surface area contributed by atoms with Crippen LogP contribution in [0.15, 0.2) is 36.4 Å². The first-order valence-electron chi connectivity index (χ1n) is 11.2. The lowest BCUT2D eigenvalue weighted by Gasteiger charge is -2.40. The van der Waals surface area contributed by atoms with E-state index < -0.39 is 18.5 Å². The van der Waals surface area contributed by atoms with Crippen LogP contribution in [0.25, 0.3) is 0 Å². The van der Waals surface area contributed by atoms with Gasteiger partial charge < -0.3 is 19.7 Å². The Bertz CT molecular complexity index is 1020. The number of amides is 3. The fraction of sp³-hybridized carbons (Fsp3) is 0.458. The van der Waals surface area contributed by atoms with Gasteiger partial charge in [0, 0.05) is 31.8 Å². The second kappa shape index (κ2) is 11.1. The molecule has 1 fully saturated rings. The van der Waals surface area contributed by atoms with Gasteiger partial charge in [-0.3, -0.25) is 9.69 Å². The first-order chi connectivity index (χ1) is 16.2. The number of carbonyl (C=O) groups is 2. The standard InChI is InChI=1S/C24H30F2N4O4/c1-15(2)18-9-5-6-10-20(18)30(17-8-7-13-29(14-17)16(3)31)24(32)27-19-11-12-21(33-4)28-22(19)34-23(25)26/h5-6,9-12,15,17,23H,7-8,13-14H2,1-4H3,(H,27,32). The predicted octanol–water partition coefficient (Wildman–Crippen LogP) is 4.86. The molecule has 1 unspecified atom stereocenters. The maximum absolute atomic E-state index is 13.7. The molecule has 0 radical (unpaired) electrons. The third kappa shape index (κ3) is 5.92. The van der Waals surface area contributed by atoms with Crippen LogP contribution < -0.4 is 19.7 Å². The number of aromatic nitrogens is 1. The zero-order valence-corrected chi connectivity index (χ0v) is 19.8. The molecule has 0 spiro atoms. The zero-order chi connectivity index (χ0) is 24.8. The summed E-state index contributed by atoms with van der Waals surface area (Å²) in [6, 6.07) is 9.55. The molecule has 0 aliphatic carbocycles. The van der Waals surface area contributed by atoms with Gasteiger partial charge in [0.2, 0.25) is 17.7 Å². The van der Waals surface area contributed by atoms with Gasteiger partial charge >= 0.3 is 12.6 Å². The summed E-state index contributed by atoms with van der Waals surface area (Å²) in [7, 11) is 1.35. The number of halogens is 2. The molecule has 2 aromatic rings. The molecular weight excluding hydrogens is 446 g/mol. The highest BCUT2D eigenvalue weighted by Gasteiger charge is 2.33. The predicted molar refractivity (Wildman–Crippen MR) is 125 cm³/mol. The van der Waals surface area contributed by atoms with E-state index in [0.717, 1.165) is 12.0 Å². The third-order valence-electron chi connectivity index (χ3n) is 5.73. The van der Waals surface area contributed by atoms with E-state index in [1.807, 2.05) is 38.1 Å². The minimum Gasteiger partial charge on any atom is -0.481 e. The summed E-state index contributed by atoms with van der Waals surface area (Å²) in [5.74, 6) is -0.317. The lowest BCUT2D eigenvalue weighted by Crippen LogP contribution is -2.53. The number of anilines is 2. The van der Waals surface area contributed by atoms with Crippen molar-refractivity contribution in [3.63, 3.8) is 0 Å². The second-order valence-electron chi connectivity index (χ2n) is 8.36. The van der Waals surface area contributed by atoms with Crippen molar-refractivity contribution in [1.29, 1.82) is 0 Å².